The van der Waals surface area contributed by atoms with E-state index in [-0.39, 0.29) is 34.9 Å². The second-order valence-corrected chi connectivity index (χ2v) is 8.11. The zero-order valence-electron chi connectivity index (χ0n) is 18.6. The van der Waals surface area contributed by atoms with Gasteiger partial charge in [-0.15, -0.1) is 0 Å². The predicted octanol–water partition coefficient (Wildman–Crippen LogP) is 6.54. The molecule has 0 bridgehead atoms. The summed E-state index contributed by atoms with van der Waals surface area (Å²) in [5.41, 5.74) is 0.783. The molecule has 3 nitrogen and oxygen atoms in total. The molecule has 1 heterocycles. The summed E-state index contributed by atoms with van der Waals surface area (Å²) in [6.07, 6.45) is 0.984. The highest BCUT2D eigenvalue weighted by Gasteiger charge is 2.27. The standard InChI is InChI=1S/C26H23BF4O3/c1-2-3-15-12-32-26(33-13-15)20-9-8-18(22(28)24(20)30)16-4-6-17(7-5-16)19-10-11-21(34-14-27)25(31)23(19)29/h4-11,15,26H,2-3,12-14H2,1H3. The van der Waals surface area contributed by atoms with Gasteiger partial charge in [0.05, 0.1) is 13.2 Å². The Hall–Kier alpha value is -2.84. The highest BCUT2D eigenvalue weighted by molar-refractivity contribution is 6.08. The molecule has 0 spiro atoms. The van der Waals surface area contributed by atoms with E-state index < -0.39 is 29.6 Å². The monoisotopic (exact) mass is 470 g/mol. The van der Waals surface area contributed by atoms with Crippen molar-refractivity contribution in [1.29, 1.82) is 0 Å². The summed E-state index contributed by atoms with van der Waals surface area (Å²) < 4.78 is 74.5. The van der Waals surface area contributed by atoms with Crippen molar-refractivity contribution in [2.45, 2.75) is 26.1 Å². The summed E-state index contributed by atoms with van der Waals surface area (Å²) in [5.74, 6) is -4.35. The molecule has 3 aromatic rings. The number of hydrogen-bond acceptors (Lipinski definition) is 3. The van der Waals surface area contributed by atoms with Crippen LogP contribution >= 0.6 is 0 Å². The summed E-state index contributed by atoms with van der Waals surface area (Å²) in [5, 5.41) is 0. The van der Waals surface area contributed by atoms with Crippen molar-refractivity contribution in [3.63, 3.8) is 0 Å². The lowest BCUT2D eigenvalue weighted by Gasteiger charge is -2.29. The van der Waals surface area contributed by atoms with E-state index in [4.69, 9.17) is 22.1 Å². The van der Waals surface area contributed by atoms with Gasteiger partial charge in [-0.2, -0.15) is 4.39 Å². The minimum absolute atomic E-state index is 0.00314. The second-order valence-electron chi connectivity index (χ2n) is 8.11. The molecule has 1 aliphatic rings. The normalized spacial score (nSPS) is 18.1. The zero-order chi connectivity index (χ0) is 24.2. The van der Waals surface area contributed by atoms with Crippen molar-refractivity contribution in [2.24, 2.45) is 5.92 Å². The number of rotatable bonds is 7. The lowest BCUT2D eigenvalue weighted by Crippen LogP contribution is -2.27. The minimum Gasteiger partial charge on any atom is -0.500 e. The van der Waals surface area contributed by atoms with Crippen molar-refractivity contribution in [2.75, 3.05) is 19.7 Å². The first-order chi connectivity index (χ1) is 16.4. The van der Waals surface area contributed by atoms with Gasteiger partial charge in [0.25, 0.3) is 0 Å². The third-order valence-corrected chi connectivity index (χ3v) is 5.82. The Morgan fingerprint density at radius 1 is 0.794 bits per heavy atom. The van der Waals surface area contributed by atoms with Crippen LogP contribution in [0.25, 0.3) is 22.3 Å². The fourth-order valence-electron chi connectivity index (χ4n) is 4.05. The maximum absolute atomic E-state index is 14.9. The number of hydrogen-bond donors (Lipinski definition) is 0. The summed E-state index contributed by atoms with van der Waals surface area (Å²) in [6, 6.07) is 11.6. The Morgan fingerprint density at radius 3 is 1.91 bits per heavy atom. The highest BCUT2D eigenvalue weighted by atomic mass is 19.2. The lowest BCUT2D eigenvalue weighted by molar-refractivity contribution is -0.207. The largest absolute Gasteiger partial charge is 0.500 e. The molecule has 4 rings (SSSR count). The SMILES string of the molecule is [B]COc1ccc(-c2ccc(-c3ccc(C4OCC(CCC)CO4)c(F)c3F)cc2)c(F)c1F. The van der Waals surface area contributed by atoms with Crippen LogP contribution in [0.5, 0.6) is 5.75 Å². The molecule has 8 heteroatoms. The molecule has 0 aliphatic carbocycles. The van der Waals surface area contributed by atoms with E-state index in [9.17, 15) is 17.6 Å². The van der Waals surface area contributed by atoms with Crippen LogP contribution in [0.4, 0.5) is 17.6 Å². The van der Waals surface area contributed by atoms with Crippen LogP contribution in [0.3, 0.4) is 0 Å². The van der Waals surface area contributed by atoms with Gasteiger partial charge in [0.15, 0.2) is 29.5 Å². The van der Waals surface area contributed by atoms with E-state index in [2.05, 4.69) is 6.92 Å². The predicted molar refractivity (Wildman–Crippen MR) is 121 cm³/mol. The molecule has 1 saturated heterocycles. The Balaban J connectivity index is 1.56. The van der Waals surface area contributed by atoms with E-state index in [1.165, 1.54) is 48.5 Å². The fraction of sp³-hybridized carbons (Fsp3) is 0.308. The summed E-state index contributed by atoms with van der Waals surface area (Å²) >= 11 is 0. The minimum atomic E-state index is -1.15. The van der Waals surface area contributed by atoms with Crippen molar-refractivity contribution in [1.82, 2.24) is 0 Å². The van der Waals surface area contributed by atoms with Crippen molar-refractivity contribution < 1.29 is 31.8 Å². The first kappa shape index (κ1) is 24.3. The molecule has 0 N–H and O–H groups in total. The molecule has 34 heavy (non-hydrogen) atoms. The van der Waals surface area contributed by atoms with E-state index >= 15 is 0 Å². The smallest absolute Gasteiger partial charge is 0.201 e. The second kappa shape index (κ2) is 10.6. The topological polar surface area (TPSA) is 27.7 Å². The summed E-state index contributed by atoms with van der Waals surface area (Å²) in [7, 11) is 5.21. The van der Waals surface area contributed by atoms with Gasteiger partial charge in [0.2, 0.25) is 5.82 Å². The third-order valence-electron chi connectivity index (χ3n) is 5.82. The Morgan fingerprint density at radius 2 is 1.35 bits per heavy atom. The molecule has 0 amide bonds. The maximum atomic E-state index is 14.9. The molecule has 0 atom stereocenters. The molecule has 176 valence electrons. The van der Waals surface area contributed by atoms with Crippen molar-refractivity contribution in [3.05, 3.63) is 77.4 Å². The van der Waals surface area contributed by atoms with E-state index in [1.54, 1.807) is 0 Å². The fourth-order valence-corrected chi connectivity index (χ4v) is 4.05. The Bertz CT molecular complexity index is 1150. The Kier molecular flexibility index (Phi) is 7.58. The lowest BCUT2D eigenvalue weighted by atomic mass is 9.98. The van der Waals surface area contributed by atoms with Gasteiger partial charge in [-0.25, -0.2) is 13.2 Å². The average Bonchev–Trinajstić information content (AvgIpc) is 2.85. The van der Waals surface area contributed by atoms with Gasteiger partial charge in [-0.3, -0.25) is 0 Å². The maximum Gasteiger partial charge on any atom is 0.201 e. The van der Waals surface area contributed by atoms with Gasteiger partial charge in [0.1, 0.15) is 7.85 Å². The van der Waals surface area contributed by atoms with Gasteiger partial charge >= 0.3 is 0 Å². The molecular formula is C26H23BF4O3. The van der Waals surface area contributed by atoms with Crippen LogP contribution in [0.1, 0.15) is 31.6 Å². The van der Waals surface area contributed by atoms with Crippen LogP contribution in [-0.4, -0.2) is 27.6 Å². The quantitative estimate of drug-likeness (QED) is 0.290. The molecular weight excluding hydrogens is 447 g/mol. The summed E-state index contributed by atoms with van der Waals surface area (Å²) in [6.45, 7) is 2.64. The van der Waals surface area contributed by atoms with Crippen LogP contribution in [0.15, 0.2) is 48.5 Å². The molecule has 0 aromatic heterocycles. The summed E-state index contributed by atoms with van der Waals surface area (Å²) in [4.78, 5) is 0. The van der Waals surface area contributed by atoms with E-state index in [0.29, 0.717) is 24.3 Å². The van der Waals surface area contributed by atoms with E-state index in [0.717, 1.165) is 12.8 Å². The van der Waals surface area contributed by atoms with Crippen LogP contribution in [0, 0.1) is 29.2 Å². The number of ether oxygens (including phenoxy) is 3. The van der Waals surface area contributed by atoms with Crippen LogP contribution in [-0.2, 0) is 9.47 Å². The molecule has 0 saturated carbocycles. The van der Waals surface area contributed by atoms with Gasteiger partial charge < -0.3 is 14.2 Å². The van der Waals surface area contributed by atoms with Gasteiger partial charge in [-0.1, -0.05) is 49.7 Å². The zero-order valence-corrected chi connectivity index (χ0v) is 18.6. The molecule has 0 unspecified atom stereocenters. The molecule has 1 fully saturated rings. The number of benzene rings is 3. The molecule has 2 radical (unpaired) electrons. The van der Waals surface area contributed by atoms with Crippen LogP contribution in [0.2, 0.25) is 0 Å². The van der Waals surface area contributed by atoms with Crippen molar-refractivity contribution >= 4 is 7.85 Å². The first-order valence-corrected chi connectivity index (χ1v) is 11.1. The molecule has 3 aromatic carbocycles. The highest BCUT2D eigenvalue weighted by Crippen LogP contribution is 2.35. The average molecular weight is 470 g/mol. The van der Waals surface area contributed by atoms with Gasteiger partial charge in [-0.05, 0) is 29.7 Å². The number of halogens is 4. The van der Waals surface area contributed by atoms with E-state index in [1.807, 2.05) is 0 Å². The third kappa shape index (κ3) is 4.84. The Labute approximate surface area is 197 Å². The first-order valence-electron chi connectivity index (χ1n) is 11.1. The molecule has 1 aliphatic heterocycles. The van der Waals surface area contributed by atoms with Crippen LogP contribution < -0.4 is 4.74 Å². The van der Waals surface area contributed by atoms with Crippen molar-refractivity contribution in [3.8, 4) is 28.0 Å². The van der Waals surface area contributed by atoms with Gasteiger partial charge in [0, 0.05) is 29.1 Å².